The van der Waals surface area contributed by atoms with E-state index in [2.05, 4.69) is 36.3 Å². The number of Topliss-reactive ketones (excluding diaryl/α,β-unsaturated/α-hetero) is 1. The van der Waals surface area contributed by atoms with Crippen molar-refractivity contribution in [1.82, 2.24) is 9.97 Å². The average molecular weight is 360 g/mol. The minimum atomic E-state index is -0.137. The molecule has 1 aliphatic rings. The highest BCUT2D eigenvalue weighted by Gasteiger charge is 2.28. The maximum absolute atomic E-state index is 13.1. The number of nitrogens with zero attached hydrogens (tertiary/aromatic N) is 2. The molecule has 3 nitrogen and oxygen atoms in total. The van der Waals surface area contributed by atoms with Gasteiger partial charge in [-0.25, -0.2) is 4.98 Å². The Kier molecular flexibility index (Phi) is 3.56. The topological polar surface area (TPSA) is 42.9 Å². The maximum atomic E-state index is 13.1. The molecule has 2 aromatic heterocycles. The van der Waals surface area contributed by atoms with Gasteiger partial charge in [0, 0.05) is 28.1 Å². The van der Waals surface area contributed by atoms with Gasteiger partial charge in [0.2, 0.25) is 5.78 Å². The van der Waals surface area contributed by atoms with Crippen molar-refractivity contribution in [2.24, 2.45) is 0 Å². The van der Waals surface area contributed by atoms with E-state index in [0.29, 0.717) is 16.8 Å². The molecule has 0 atom stereocenters. The van der Waals surface area contributed by atoms with Crippen molar-refractivity contribution >= 4 is 33.0 Å². The quantitative estimate of drug-likeness (QED) is 0.436. The minimum absolute atomic E-state index is 0.137. The van der Waals surface area contributed by atoms with Crippen molar-refractivity contribution in [3.63, 3.8) is 0 Å². The molecule has 0 bridgehead atoms. The van der Waals surface area contributed by atoms with Crippen LogP contribution >= 0.6 is 0 Å². The second-order valence-corrected chi connectivity index (χ2v) is 6.67. The molecule has 3 heteroatoms. The summed E-state index contributed by atoms with van der Waals surface area (Å²) < 4.78 is 0. The molecule has 0 N–H and O–H groups in total. The van der Waals surface area contributed by atoms with Gasteiger partial charge in [-0.2, -0.15) is 0 Å². The van der Waals surface area contributed by atoms with E-state index in [9.17, 15) is 4.79 Å². The summed E-state index contributed by atoms with van der Waals surface area (Å²) in [6, 6.07) is 18.2. The summed E-state index contributed by atoms with van der Waals surface area (Å²) in [6.45, 7) is 7.69. The van der Waals surface area contributed by atoms with Gasteiger partial charge in [-0.05, 0) is 28.6 Å². The molecule has 1 aliphatic carbocycles. The molecule has 0 radical (unpaired) electrons. The van der Waals surface area contributed by atoms with Gasteiger partial charge < -0.3 is 0 Å². The third kappa shape index (κ3) is 2.13. The molecule has 0 saturated heterocycles. The maximum Gasteiger partial charge on any atom is 0.212 e. The molecule has 0 saturated carbocycles. The van der Waals surface area contributed by atoms with E-state index in [1.165, 1.54) is 0 Å². The standard InChI is InChI=1S/C25H16N2O/c1-3-16-17(4-2)25(28)24-22-19(13-14-26-23(16)22)21-18(11-8-12-20(21)27-24)15-9-6-5-7-10-15/h3-14H,1-2H2. The summed E-state index contributed by atoms with van der Waals surface area (Å²) in [5, 5.41) is 2.78. The Morgan fingerprint density at radius 1 is 0.786 bits per heavy atom. The fourth-order valence-electron chi connectivity index (χ4n) is 4.02. The summed E-state index contributed by atoms with van der Waals surface area (Å²) in [6.07, 6.45) is 5.02. The minimum Gasteiger partial charge on any atom is -0.287 e. The fourth-order valence-corrected chi connectivity index (χ4v) is 4.02. The number of pyridine rings is 2. The number of allylic oxidation sites excluding steroid dienone is 4. The lowest BCUT2D eigenvalue weighted by Crippen LogP contribution is -2.14. The van der Waals surface area contributed by atoms with E-state index in [4.69, 9.17) is 4.98 Å². The molecule has 5 rings (SSSR count). The first-order chi connectivity index (χ1) is 13.7. The van der Waals surface area contributed by atoms with E-state index in [0.717, 1.165) is 38.5 Å². The van der Waals surface area contributed by atoms with Gasteiger partial charge >= 0.3 is 0 Å². The third-order valence-corrected chi connectivity index (χ3v) is 5.23. The zero-order chi connectivity index (χ0) is 19.3. The van der Waals surface area contributed by atoms with Crippen LogP contribution in [0.1, 0.15) is 16.2 Å². The first-order valence-corrected chi connectivity index (χ1v) is 9.05. The number of aromatic nitrogens is 2. The monoisotopic (exact) mass is 360 g/mol. The van der Waals surface area contributed by atoms with Crippen LogP contribution in [0.25, 0.3) is 38.4 Å². The van der Waals surface area contributed by atoms with Crippen LogP contribution in [0.3, 0.4) is 0 Å². The Hall–Kier alpha value is -3.85. The lowest BCUT2D eigenvalue weighted by atomic mass is 9.86. The number of hydrogen-bond acceptors (Lipinski definition) is 3. The Balaban J connectivity index is 2.00. The zero-order valence-electron chi connectivity index (χ0n) is 15.1. The van der Waals surface area contributed by atoms with Crippen molar-refractivity contribution in [3.8, 4) is 11.1 Å². The van der Waals surface area contributed by atoms with Crippen LogP contribution in [0.15, 0.2) is 91.7 Å². The molecule has 132 valence electrons. The lowest BCUT2D eigenvalue weighted by Gasteiger charge is -2.20. The van der Waals surface area contributed by atoms with Crippen LogP contribution in [-0.2, 0) is 0 Å². The van der Waals surface area contributed by atoms with Crippen molar-refractivity contribution < 1.29 is 4.79 Å². The largest absolute Gasteiger partial charge is 0.287 e. The van der Waals surface area contributed by atoms with Crippen LogP contribution in [-0.4, -0.2) is 15.8 Å². The summed E-state index contributed by atoms with van der Waals surface area (Å²) in [5.74, 6) is -0.137. The Labute approximate surface area is 162 Å². The highest BCUT2D eigenvalue weighted by molar-refractivity contribution is 6.29. The number of carbonyl (C=O) groups excluding carboxylic acids is 1. The van der Waals surface area contributed by atoms with Crippen molar-refractivity contribution in [2.75, 3.05) is 0 Å². The summed E-state index contributed by atoms with van der Waals surface area (Å²) in [4.78, 5) is 22.5. The second kappa shape index (κ2) is 6.10. The van der Waals surface area contributed by atoms with Crippen LogP contribution in [0, 0.1) is 0 Å². The van der Waals surface area contributed by atoms with E-state index >= 15 is 0 Å². The predicted octanol–water partition coefficient (Wildman–Crippen LogP) is 5.77. The number of benzene rings is 2. The number of fused-ring (bicyclic) bond motifs is 2. The molecular formula is C25H16N2O. The van der Waals surface area contributed by atoms with E-state index in [1.807, 2.05) is 36.4 Å². The van der Waals surface area contributed by atoms with Gasteiger partial charge in [-0.1, -0.05) is 67.8 Å². The van der Waals surface area contributed by atoms with Crippen LogP contribution in [0.2, 0.25) is 0 Å². The van der Waals surface area contributed by atoms with Crippen molar-refractivity contribution in [2.45, 2.75) is 0 Å². The molecule has 28 heavy (non-hydrogen) atoms. The number of hydrogen-bond donors (Lipinski definition) is 0. The lowest BCUT2D eigenvalue weighted by molar-refractivity contribution is 0.103. The third-order valence-electron chi connectivity index (χ3n) is 5.23. The fraction of sp³-hybridized carbons (Fsp3) is 0. The summed E-state index contributed by atoms with van der Waals surface area (Å²) in [7, 11) is 0. The molecular weight excluding hydrogens is 344 g/mol. The Morgan fingerprint density at radius 2 is 1.57 bits per heavy atom. The van der Waals surface area contributed by atoms with Crippen molar-refractivity contribution in [3.05, 3.63) is 103 Å². The van der Waals surface area contributed by atoms with Gasteiger partial charge in [0.05, 0.1) is 11.2 Å². The smallest absolute Gasteiger partial charge is 0.212 e. The highest BCUT2D eigenvalue weighted by Crippen LogP contribution is 2.40. The van der Waals surface area contributed by atoms with Crippen LogP contribution < -0.4 is 0 Å². The molecule has 4 aromatic rings. The summed E-state index contributed by atoms with van der Waals surface area (Å²) >= 11 is 0. The first-order valence-electron chi connectivity index (χ1n) is 9.05. The normalized spacial score (nSPS) is 13.2. The molecule has 0 amide bonds. The molecule has 0 spiro atoms. The van der Waals surface area contributed by atoms with Gasteiger partial charge in [0.1, 0.15) is 5.69 Å². The highest BCUT2D eigenvalue weighted by atomic mass is 16.1. The first kappa shape index (κ1) is 16.3. The zero-order valence-corrected chi connectivity index (χ0v) is 15.1. The van der Waals surface area contributed by atoms with E-state index in [1.54, 1.807) is 18.3 Å². The van der Waals surface area contributed by atoms with Gasteiger partial charge in [0.15, 0.2) is 0 Å². The van der Waals surface area contributed by atoms with Crippen LogP contribution in [0.5, 0.6) is 0 Å². The Bertz CT molecular complexity index is 1350. The molecule has 2 heterocycles. The number of ketones is 1. The van der Waals surface area contributed by atoms with Gasteiger partial charge in [-0.15, -0.1) is 0 Å². The molecule has 0 fully saturated rings. The van der Waals surface area contributed by atoms with Crippen LogP contribution in [0.4, 0.5) is 0 Å². The SMILES string of the molecule is C=CC1=C(C=C)c2nccc3c2c(nc2cccc(-c4ccccc4)c23)C1=O. The van der Waals surface area contributed by atoms with E-state index < -0.39 is 0 Å². The summed E-state index contributed by atoms with van der Waals surface area (Å²) in [5.41, 5.74) is 5.34. The van der Waals surface area contributed by atoms with Gasteiger partial charge in [-0.3, -0.25) is 9.78 Å². The molecule has 0 unspecified atom stereocenters. The number of rotatable bonds is 3. The average Bonchev–Trinajstić information content (AvgIpc) is 2.75. The second-order valence-electron chi connectivity index (χ2n) is 6.67. The Morgan fingerprint density at radius 3 is 2.32 bits per heavy atom. The van der Waals surface area contributed by atoms with E-state index in [-0.39, 0.29) is 5.78 Å². The molecule has 0 aliphatic heterocycles. The van der Waals surface area contributed by atoms with Gasteiger partial charge in [0.25, 0.3) is 0 Å². The number of carbonyl (C=O) groups is 1. The molecule has 2 aromatic carbocycles. The van der Waals surface area contributed by atoms with Crippen molar-refractivity contribution in [1.29, 1.82) is 0 Å². The predicted molar refractivity (Wildman–Crippen MR) is 114 cm³/mol.